The molecule has 1 aliphatic rings. The second-order valence-electron chi connectivity index (χ2n) is 7.87. The van der Waals surface area contributed by atoms with E-state index >= 15 is 0 Å². The Morgan fingerprint density at radius 1 is 1.12 bits per heavy atom. The minimum atomic E-state index is -1.11. The molecule has 3 aromatic rings. The van der Waals surface area contributed by atoms with Gasteiger partial charge in [0.2, 0.25) is 5.82 Å². The second-order valence-corrected chi connectivity index (χ2v) is 7.87. The first-order chi connectivity index (χ1) is 16.0. The van der Waals surface area contributed by atoms with Gasteiger partial charge in [0.15, 0.2) is 11.6 Å². The van der Waals surface area contributed by atoms with Crippen molar-refractivity contribution in [2.45, 2.75) is 26.0 Å². The van der Waals surface area contributed by atoms with Crippen LogP contribution in [-0.2, 0) is 13.2 Å². The first-order valence-corrected chi connectivity index (χ1v) is 10.6. The van der Waals surface area contributed by atoms with Crippen molar-refractivity contribution < 1.29 is 28.2 Å². The van der Waals surface area contributed by atoms with E-state index in [4.69, 9.17) is 9.47 Å². The van der Waals surface area contributed by atoms with Crippen molar-refractivity contribution >= 4 is 5.91 Å². The van der Waals surface area contributed by atoms with Crippen LogP contribution >= 0.6 is 0 Å². The Morgan fingerprint density at radius 2 is 1.91 bits per heavy atom. The molecular formula is C25H24F2N2O4. The van der Waals surface area contributed by atoms with Crippen LogP contribution in [0.1, 0.15) is 34.3 Å². The van der Waals surface area contributed by atoms with Crippen LogP contribution in [0.3, 0.4) is 0 Å². The summed E-state index contributed by atoms with van der Waals surface area (Å²) in [6.07, 6.45) is 3.79. The summed E-state index contributed by atoms with van der Waals surface area (Å²) in [6.45, 7) is 0.0831. The van der Waals surface area contributed by atoms with Crippen LogP contribution < -0.4 is 14.8 Å². The van der Waals surface area contributed by atoms with Gasteiger partial charge >= 0.3 is 0 Å². The molecule has 0 atom stereocenters. The van der Waals surface area contributed by atoms with Crippen molar-refractivity contribution in [3.8, 4) is 22.8 Å². The highest BCUT2D eigenvalue weighted by Crippen LogP contribution is 2.32. The van der Waals surface area contributed by atoms with Crippen molar-refractivity contribution in [2.75, 3.05) is 13.7 Å². The fourth-order valence-electron chi connectivity index (χ4n) is 3.44. The van der Waals surface area contributed by atoms with Crippen LogP contribution in [0.25, 0.3) is 11.3 Å². The van der Waals surface area contributed by atoms with Gasteiger partial charge in [-0.2, -0.15) is 4.39 Å². The van der Waals surface area contributed by atoms with E-state index in [9.17, 15) is 18.7 Å². The molecular weight excluding hydrogens is 430 g/mol. The molecule has 0 radical (unpaired) electrons. The van der Waals surface area contributed by atoms with E-state index in [2.05, 4.69) is 10.3 Å². The zero-order chi connectivity index (χ0) is 23.4. The van der Waals surface area contributed by atoms with E-state index < -0.39 is 17.5 Å². The van der Waals surface area contributed by atoms with Crippen LogP contribution in [0.2, 0.25) is 0 Å². The molecule has 1 aromatic heterocycles. The van der Waals surface area contributed by atoms with Gasteiger partial charge in [-0.3, -0.25) is 9.78 Å². The van der Waals surface area contributed by atoms with E-state index in [0.717, 1.165) is 12.8 Å². The number of aliphatic hydroxyl groups is 1. The Hall–Kier alpha value is -3.52. The van der Waals surface area contributed by atoms with Crippen molar-refractivity contribution in [3.05, 3.63) is 77.0 Å². The summed E-state index contributed by atoms with van der Waals surface area (Å²) in [5.74, 6) is -2.01. The number of hydrogen-bond donors (Lipinski definition) is 2. The summed E-state index contributed by atoms with van der Waals surface area (Å²) in [4.78, 5) is 17.4. The summed E-state index contributed by atoms with van der Waals surface area (Å²) in [5.41, 5.74) is 2.03. The molecule has 1 amide bonds. The number of carbonyl (C=O) groups is 1. The highest BCUT2D eigenvalue weighted by Gasteiger charge is 2.24. The average Bonchev–Trinajstić information content (AvgIpc) is 3.68. The minimum absolute atomic E-state index is 0.00875. The molecule has 6 nitrogen and oxygen atoms in total. The predicted molar refractivity (Wildman–Crippen MR) is 118 cm³/mol. The Kier molecular flexibility index (Phi) is 6.84. The van der Waals surface area contributed by atoms with Gasteiger partial charge < -0.3 is 19.9 Å². The fraction of sp³-hybridized carbons (Fsp3) is 0.280. The zero-order valence-electron chi connectivity index (χ0n) is 18.1. The summed E-state index contributed by atoms with van der Waals surface area (Å²) in [6, 6.07) is 11.2. The topological polar surface area (TPSA) is 80.7 Å². The smallest absolute Gasteiger partial charge is 0.255 e. The normalized spacial score (nSPS) is 13.0. The van der Waals surface area contributed by atoms with Gasteiger partial charge in [-0.1, -0.05) is 12.1 Å². The van der Waals surface area contributed by atoms with Gasteiger partial charge in [-0.05, 0) is 49.1 Å². The quantitative estimate of drug-likeness (QED) is 0.505. The SMILES string of the molecule is COc1ccc(CNC(=O)c2cc(-c3ncccc3CO)ccc2OCC2CC2)c(F)c1F. The highest BCUT2D eigenvalue weighted by atomic mass is 19.2. The van der Waals surface area contributed by atoms with Gasteiger partial charge in [0.25, 0.3) is 5.91 Å². The van der Waals surface area contributed by atoms with Gasteiger partial charge in [0.1, 0.15) is 5.75 Å². The Balaban J connectivity index is 1.60. The van der Waals surface area contributed by atoms with Crippen molar-refractivity contribution in [1.29, 1.82) is 0 Å². The fourth-order valence-corrected chi connectivity index (χ4v) is 3.44. The minimum Gasteiger partial charge on any atom is -0.494 e. The molecule has 0 saturated heterocycles. The standard InChI is InChI=1S/C25H24F2N2O4/c1-32-21-9-7-17(22(26)23(21)27)12-29-25(31)19-11-16(24-18(13-30)3-2-10-28-24)6-8-20(19)33-14-15-4-5-15/h2-3,6-11,15,30H,4-5,12-14H2,1H3,(H,29,31). The molecule has 8 heteroatoms. The molecule has 2 N–H and O–H groups in total. The number of amides is 1. The largest absolute Gasteiger partial charge is 0.494 e. The third-order valence-electron chi connectivity index (χ3n) is 5.52. The van der Waals surface area contributed by atoms with E-state index in [1.807, 2.05) is 0 Å². The van der Waals surface area contributed by atoms with Crippen LogP contribution in [0.15, 0.2) is 48.7 Å². The van der Waals surface area contributed by atoms with Crippen LogP contribution in [0.4, 0.5) is 8.78 Å². The number of aromatic nitrogens is 1. The average molecular weight is 454 g/mol. The molecule has 1 heterocycles. The number of nitrogens with one attached hydrogen (secondary N) is 1. The first kappa shape index (κ1) is 22.7. The summed E-state index contributed by atoms with van der Waals surface area (Å²) < 4.78 is 39.0. The maximum atomic E-state index is 14.3. The van der Waals surface area contributed by atoms with Crippen molar-refractivity contribution in [1.82, 2.24) is 10.3 Å². The van der Waals surface area contributed by atoms with E-state index in [-0.39, 0.29) is 30.0 Å². The number of ether oxygens (including phenoxy) is 2. The molecule has 1 saturated carbocycles. The van der Waals surface area contributed by atoms with Crippen LogP contribution in [0.5, 0.6) is 11.5 Å². The van der Waals surface area contributed by atoms with Crippen molar-refractivity contribution in [3.63, 3.8) is 0 Å². The lowest BCUT2D eigenvalue weighted by atomic mass is 10.0. The number of halogens is 2. The zero-order valence-corrected chi connectivity index (χ0v) is 18.1. The van der Waals surface area contributed by atoms with Gasteiger partial charge in [-0.15, -0.1) is 0 Å². The summed E-state index contributed by atoms with van der Waals surface area (Å²) >= 11 is 0. The molecule has 1 aliphatic carbocycles. The lowest BCUT2D eigenvalue weighted by molar-refractivity contribution is 0.0946. The highest BCUT2D eigenvalue weighted by molar-refractivity contribution is 5.98. The number of carbonyl (C=O) groups excluding carboxylic acids is 1. The van der Waals surface area contributed by atoms with Crippen molar-refractivity contribution in [2.24, 2.45) is 5.92 Å². The lowest BCUT2D eigenvalue weighted by Crippen LogP contribution is -2.24. The van der Waals surface area contributed by atoms with Gasteiger partial charge in [0.05, 0.1) is 31.6 Å². The number of methoxy groups -OCH3 is 1. The van der Waals surface area contributed by atoms with Gasteiger partial charge in [-0.25, -0.2) is 4.39 Å². The number of hydrogen-bond acceptors (Lipinski definition) is 5. The number of benzene rings is 2. The maximum Gasteiger partial charge on any atom is 0.255 e. The molecule has 33 heavy (non-hydrogen) atoms. The van der Waals surface area contributed by atoms with E-state index in [0.29, 0.717) is 35.1 Å². The molecule has 4 rings (SSSR count). The van der Waals surface area contributed by atoms with Crippen LogP contribution in [-0.4, -0.2) is 29.7 Å². The van der Waals surface area contributed by atoms with E-state index in [1.165, 1.54) is 19.2 Å². The van der Waals surface area contributed by atoms with E-state index in [1.54, 1.807) is 36.5 Å². The molecule has 2 aromatic carbocycles. The Labute approximate surface area is 190 Å². The lowest BCUT2D eigenvalue weighted by Gasteiger charge is -2.15. The molecule has 0 aliphatic heterocycles. The Bertz CT molecular complexity index is 1170. The second kappa shape index (κ2) is 9.95. The first-order valence-electron chi connectivity index (χ1n) is 10.6. The molecule has 1 fully saturated rings. The number of nitrogens with zero attached hydrogens (tertiary/aromatic N) is 1. The molecule has 0 unspecified atom stereocenters. The summed E-state index contributed by atoms with van der Waals surface area (Å²) in [5, 5.41) is 12.3. The molecule has 0 bridgehead atoms. The number of pyridine rings is 1. The number of aliphatic hydroxyl groups excluding tert-OH is 1. The molecule has 0 spiro atoms. The third-order valence-corrected chi connectivity index (χ3v) is 5.52. The predicted octanol–water partition coefficient (Wildman–Crippen LogP) is 4.25. The molecule has 172 valence electrons. The van der Waals surface area contributed by atoms with Crippen LogP contribution in [0, 0.1) is 17.6 Å². The van der Waals surface area contributed by atoms with Gasteiger partial charge in [0, 0.05) is 29.4 Å². The monoisotopic (exact) mass is 454 g/mol. The Morgan fingerprint density at radius 3 is 2.64 bits per heavy atom. The number of rotatable bonds is 9. The third kappa shape index (κ3) is 5.12. The maximum absolute atomic E-state index is 14.3. The summed E-state index contributed by atoms with van der Waals surface area (Å²) in [7, 11) is 1.25.